The number of alkyl halides is 3. The van der Waals surface area contributed by atoms with E-state index in [0.29, 0.717) is 6.54 Å². The van der Waals surface area contributed by atoms with Crippen molar-refractivity contribution >= 4 is 11.6 Å². The fourth-order valence-corrected chi connectivity index (χ4v) is 6.74. The van der Waals surface area contributed by atoms with E-state index in [2.05, 4.69) is 0 Å². The number of benzene rings is 2. The molecule has 4 aliphatic carbocycles. The molecule has 0 spiro atoms. The number of aliphatic hydroxyl groups is 2. The maximum Gasteiger partial charge on any atom is 0.417 e. The molecule has 39 heavy (non-hydrogen) atoms. The van der Waals surface area contributed by atoms with Crippen molar-refractivity contribution in [1.29, 1.82) is 0 Å². The SMILES string of the molecule is CC(C)(O)c1ccc(-c2cccc(N(CC34CCC(N)(CC3)CC4)C(=O)CC3CC(O)(C(F)(F)F)C3)c2)cc1. The van der Waals surface area contributed by atoms with Gasteiger partial charge >= 0.3 is 6.18 Å². The van der Waals surface area contributed by atoms with Crippen molar-refractivity contribution in [3.8, 4) is 11.1 Å². The number of fused-ring (bicyclic) bond motifs is 3. The summed E-state index contributed by atoms with van der Waals surface area (Å²) >= 11 is 0. The van der Waals surface area contributed by atoms with Crippen LogP contribution in [0, 0.1) is 11.3 Å². The van der Waals surface area contributed by atoms with Gasteiger partial charge in [0.25, 0.3) is 0 Å². The summed E-state index contributed by atoms with van der Waals surface area (Å²) in [7, 11) is 0. The average Bonchev–Trinajstić information content (AvgIpc) is 2.86. The molecule has 0 unspecified atom stereocenters. The van der Waals surface area contributed by atoms with Crippen molar-refractivity contribution in [2.24, 2.45) is 17.1 Å². The van der Waals surface area contributed by atoms with Gasteiger partial charge in [-0.25, -0.2) is 0 Å². The first kappa shape index (κ1) is 28.1. The van der Waals surface area contributed by atoms with Gasteiger partial charge in [-0.3, -0.25) is 4.79 Å². The van der Waals surface area contributed by atoms with Gasteiger partial charge in [0.15, 0.2) is 5.60 Å². The van der Waals surface area contributed by atoms with Crippen LogP contribution in [0.25, 0.3) is 11.1 Å². The molecule has 0 atom stereocenters. The van der Waals surface area contributed by atoms with Crippen LogP contribution >= 0.6 is 0 Å². The maximum absolute atomic E-state index is 13.7. The Morgan fingerprint density at radius 3 is 2.10 bits per heavy atom. The van der Waals surface area contributed by atoms with Crippen molar-refractivity contribution in [3.63, 3.8) is 0 Å². The number of hydrogen-bond acceptors (Lipinski definition) is 4. The Bertz CT molecular complexity index is 1190. The lowest BCUT2D eigenvalue weighted by Crippen LogP contribution is -2.57. The van der Waals surface area contributed by atoms with Crippen molar-refractivity contribution in [3.05, 3.63) is 54.1 Å². The van der Waals surface area contributed by atoms with Gasteiger partial charge < -0.3 is 20.8 Å². The van der Waals surface area contributed by atoms with Crippen LogP contribution in [0.3, 0.4) is 0 Å². The summed E-state index contributed by atoms with van der Waals surface area (Å²) in [4.78, 5) is 15.5. The summed E-state index contributed by atoms with van der Waals surface area (Å²) in [5.41, 5.74) is 6.08. The molecule has 0 heterocycles. The second-order valence-electron chi connectivity index (χ2n) is 13.0. The summed E-state index contributed by atoms with van der Waals surface area (Å²) in [5, 5.41) is 20.2. The van der Waals surface area contributed by atoms with Gasteiger partial charge in [0.05, 0.1) is 5.60 Å². The molecule has 2 aromatic rings. The van der Waals surface area contributed by atoms with Crippen LogP contribution in [0.15, 0.2) is 48.5 Å². The van der Waals surface area contributed by atoms with E-state index < -0.39 is 36.1 Å². The smallest absolute Gasteiger partial charge is 0.386 e. The highest BCUT2D eigenvalue weighted by Crippen LogP contribution is 2.53. The number of hydrogen-bond donors (Lipinski definition) is 3. The number of amides is 1. The Kier molecular flexibility index (Phi) is 6.92. The Morgan fingerprint density at radius 1 is 0.974 bits per heavy atom. The third kappa shape index (κ3) is 5.61. The fourth-order valence-electron chi connectivity index (χ4n) is 6.74. The van der Waals surface area contributed by atoms with Gasteiger partial charge in [0.1, 0.15) is 0 Å². The normalized spacial score (nSPS) is 30.6. The molecule has 212 valence electrons. The minimum atomic E-state index is -4.68. The predicted molar refractivity (Wildman–Crippen MR) is 145 cm³/mol. The largest absolute Gasteiger partial charge is 0.417 e. The molecule has 4 N–H and O–H groups in total. The van der Waals surface area contributed by atoms with E-state index in [4.69, 9.17) is 5.73 Å². The van der Waals surface area contributed by atoms with Gasteiger partial charge in [-0.2, -0.15) is 13.2 Å². The molecule has 0 saturated heterocycles. The van der Waals surface area contributed by atoms with E-state index in [0.717, 1.165) is 60.9 Å². The minimum Gasteiger partial charge on any atom is -0.386 e. The summed E-state index contributed by atoms with van der Waals surface area (Å²) in [6, 6.07) is 15.3. The number of anilines is 1. The van der Waals surface area contributed by atoms with Gasteiger partial charge in [-0.1, -0.05) is 36.4 Å². The van der Waals surface area contributed by atoms with Crippen molar-refractivity contribution in [2.45, 2.75) is 94.6 Å². The molecule has 0 aromatic heterocycles. The lowest BCUT2D eigenvalue weighted by atomic mass is 9.57. The molecule has 1 amide bonds. The van der Waals surface area contributed by atoms with Crippen LogP contribution < -0.4 is 10.6 Å². The Labute approximate surface area is 228 Å². The van der Waals surface area contributed by atoms with E-state index in [1.165, 1.54) is 0 Å². The summed E-state index contributed by atoms with van der Waals surface area (Å²) < 4.78 is 39.6. The molecule has 0 radical (unpaired) electrons. The third-order valence-corrected chi connectivity index (χ3v) is 9.58. The van der Waals surface area contributed by atoms with Crippen LogP contribution in [-0.4, -0.2) is 40.0 Å². The first-order valence-corrected chi connectivity index (χ1v) is 13.9. The molecular formula is C31H39F3N2O3. The van der Waals surface area contributed by atoms with Crippen LogP contribution in [0.2, 0.25) is 0 Å². The molecule has 4 saturated carbocycles. The highest BCUT2D eigenvalue weighted by atomic mass is 19.4. The van der Waals surface area contributed by atoms with Crippen molar-refractivity contribution in [1.82, 2.24) is 0 Å². The van der Waals surface area contributed by atoms with E-state index in [1.807, 2.05) is 48.5 Å². The lowest BCUT2D eigenvalue weighted by Gasteiger charge is -2.53. The Hall–Kier alpha value is -2.42. The average molecular weight is 545 g/mol. The Morgan fingerprint density at radius 2 is 1.56 bits per heavy atom. The summed E-state index contributed by atoms with van der Waals surface area (Å²) in [5.74, 6) is -0.709. The molecule has 5 nitrogen and oxygen atoms in total. The maximum atomic E-state index is 13.7. The summed E-state index contributed by atoms with van der Waals surface area (Å²) in [6.07, 6.45) is -0.0282. The molecule has 4 aliphatic rings. The number of carbonyl (C=O) groups excluding carboxylic acids is 1. The van der Waals surface area contributed by atoms with Gasteiger partial charge in [0.2, 0.25) is 5.91 Å². The topological polar surface area (TPSA) is 86.8 Å². The zero-order valence-electron chi connectivity index (χ0n) is 22.7. The van der Waals surface area contributed by atoms with E-state index in [1.54, 1.807) is 18.7 Å². The number of halogens is 3. The standard InChI is InChI=1S/C31H39F3N2O3/c1-27(2,38)24-8-6-22(7-9-24)23-4-3-5-25(17-23)36(20-28-10-13-29(35,14-11-28)15-12-28)26(37)16-21-18-30(39,19-21)31(32,33)34/h3-9,17,21,38-39H,10-16,18-20,35H2,1-2H3. The quantitative estimate of drug-likeness (QED) is 0.396. The van der Waals surface area contributed by atoms with Crippen LogP contribution in [0.4, 0.5) is 18.9 Å². The first-order valence-electron chi connectivity index (χ1n) is 13.9. The molecule has 2 bridgehead atoms. The predicted octanol–water partition coefficient (Wildman–Crippen LogP) is 6.06. The van der Waals surface area contributed by atoms with Crippen LogP contribution in [0.5, 0.6) is 0 Å². The van der Waals surface area contributed by atoms with Gasteiger partial charge in [0, 0.05) is 24.2 Å². The zero-order chi connectivity index (χ0) is 28.3. The number of nitrogens with zero attached hydrogens (tertiary/aromatic N) is 1. The lowest BCUT2D eigenvalue weighted by molar-refractivity contribution is -0.298. The first-order chi connectivity index (χ1) is 18.1. The zero-order valence-corrected chi connectivity index (χ0v) is 22.7. The molecular weight excluding hydrogens is 505 g/mol. The van der Waals surface area contributed by atoms with E-state index >= 15 is 0 Å². The molecule has 8 heteroatoms. The van der Waals surface area contributed by atoms with Crippen LogP contribution in [-0.2, 0) is 10.4 Å². The molecule has 4 fully saturated rings. The molecule has 0 aliphatic heterocycles. The number of rotatable bonds is 7. The van der Waals surface area contributed by atoms with Crippen molar-refractivity contribution in [2.75, 3.05) is 11.4 Å². The van der Waals surface area contributed by atoms with E-state index in [-0.39, 0.29) is 23.3 Å². The monoisotopic (exact) mass is 544 g/mol. The molecule has 2 aromatic carbocycles. The number of carbonyl (C=O) groups is 1. The van der Waals surface area contributed by atoms with Crippen molar-refractivity contribution < 1.29 is 28.2 Å². The van der Waals surface area contributed by atoms with Gasteiger partial charge in [-0.15, -0.1) is 0 Å². The summed E-state index contributed by atoms with van der Waals surface area (Å²) in [6.45, 7) is 3.97. The van der Waals surface area contributed by atoms with E-state index in [9.17, 15) is 28.2 Å². The molecule has 6 rings (SSSR count). The minimum absolute atomic E-state index is 0.0280. The third-order valence-electron chi connectivity index (χ3n) is 9.58. The fraction of sp³-hybridized carbons (Fsp3) is 0.581. The second kappa shape index (κ2) is 9.60. The number of nitrogens with two attached hydrogens (primary N) is 1. The highest BCUT2D eigenvalue weighted by Gasteiger charge is 2.61. The van der Waals surface area contributed by atoms with Crippen LogP contribution in [0.1, 0.15) is 77.2 Å². The Balaban J connectivity index is 1.40. The second-order valence-corrected chi connectivity index (χ2v) is 13.0. The van der Waals surface area contributed by atoms with Gasteiger partial charge in [-0.05, 0) is 105 Å². The highest BCUT2D eigenvalue weighted by molar-refractivity contribution is 5.94.